The number of likely N-dealkylation sites (N-methyl/N-ethyl adjacent to an activating group) is 1. The molecule has 0 radical (unpaired) electrons. The number of unbranched alkanes of at least 4 members (excludes halogenated alkanes) is 1. The van der Waals surface area contributed by atoms with Crippen molar-refractivity contribution in [2.45, 2.75) is 45.6 Å². The number of fused-ring (bicyclic) bond motifs is 3. The zero-order valence-electron chi connectivity index (χ0n) is 20.1. The van der Waals surface area contributed by atoms with Crippen molar-refractivity contribution < 1.29 is 9.53 Å². The predicted octanol–water partition coefficient (Wildman–Crippen LogP) is 4.27. The van der Waals surface area contributed by atoms with Crippen molar-refractivity contribution in [3.63, 3.8) is 0 Å². The highest BCUT2D eigenvalue weighted by molar-refractivity contribution is 6.06. The number of carbonyl (C=O) groups excluding carboxylic acids is 1. The molecule has 3 aliphatic rings. The maximum absolute atomic E-state index is 13.1. The van der Waals surface area contributed by atoms with Gasteiger partial charge in [-0.3, -0.25) is 9.79 Å². The van der Waals surface area contributed by atoms with Gasteiger partial charge in [0.15, 0.2) is 0 Å². The molecule has 1 amide bonds. The second-order valence-corrected chi connectivity index (χ2v) is 9.65. The topological polar surface area (TPSA) is 48.4 Å². The van der Waals surface area contributed by atoms with Crippen LogP contribution in [-0.2, 0) is 0 Å². The first-order valence-electron chi connectivity index (χ1n) is 12.6. The molecule has 0 spiro atoms. The molecule has 0 bridgehead atoms. The summed E-state index contributed by atoms with van der Waals surface area (Å²) in [5.74, 6) is 1.05. The Bertz CT molecular complexity index is 1040. The van der Waals surface area contributed by atoms with E-state index < -0.39 is 0 Å². The number of amides is 1. The highest BCUT2D eigenvalue weighted by atomic mass is 16.5. The van der Waals surface area contributed by atoms with E-state index in [1.54, 1.807) is 0 Å². The van der Waals surface area contributed by atoms with Crippen LogP contribution in [0.2, 0.25) is 0 Å². The molecule has 5 rings (SSSR count). The Morgan fingerprint density at radius 2 is 1.79 bits per heavy atom. The zero-order chi connectivity index (χ0) is 22.8. The summed E-state index contributed by atoms with van der Waals surface area (Å²) in [5, 5.41) is 2.15. The van der Waals surface area contributed by atoms with E-state index in [4.69, 9.17) is 4.74 Å². The Kier molecular flexibility index (Phi) is 6.65. The highest BCUT2D eigenvalue weighted by Crippen LogP contribution is 2.34. The van der Waals surface area contributed by atoms with Crippen molar-refractivity contribution in [1.82, 2.24) is 14.7 Å². The fourth-order valence-corrected chi connectivity index (χ4v) is 5.33. The number of nitrogens with zero attached hydrogens (tertiary/aromatic N) is 4. The van der Waals surface area contributed by atoms with Gasteiger partial charge in [-0.1, -0.05) is 6.92 Å². The average Bonchev–Trinajstić information content (AvgIpc) is 3.26. The molecule has 0 unspecified atom stereocenters. The number of aryl methyl sites for hydroxylation is 1. The van der Waals surface area contributed by atoms with Crippen molar-refractivity contribution in [2.75, 3.05) is 52.4 Å². The molecule has 2 fully saturated rings. The quantitative estimate of drug-likeness (QED) is 0.594. The lowest BCUT2D eigenvalue weighted by atomic mass is 10.0. The SMILES string of the molecule is CCN1CCN(CCCCOc2cc3cc4c(cc3cc2C)C(=O)N2CCC[C@H]2C=N4)CC1. The van der Waals surface area contributed by atoms with E-state index in [0.717, 1.165) is 78.8 Å². The number of hydrogen-bond donors (Lipinski definition) is 0. The molecule has 3 aliphatic heterocycles. The number of aliphatic imine (C=N–C) groups is 1. The second kappa shape index (κ2) is 9.82. The van der Waals surface area contributed by atoms with E-state index in [1.807, 2.05) is 23.2 Å². The summed E-state index contributed by atoms with van der Waals surface area (Å²) < 4.78 is 6.18. The van der Waals surface area contributed by atoms with E-state index in [9.17, 15) is 4.79 Å². The summed E-state index contributed by atoms with van der Waals surface area (Å²) in [7, 11) is 0. The van der Waals surface area contributed by atoms with Crippen LogP contribution in [0.15, 0.2) is 29.3 Å². The van der Waals surface area contributed by atoms with Crippen molar-refractivity contribution in [3.8, 4) is 5.75 Å². The van der Waals surface area contributed by atoms with Gasteiger partial charge in [-0.05, 0) is 86.3 Å². The number of rotatable bonds is 7. The normalized spacial score (nSPS) is 21.3. The minimum atomic E-state index is 0.112. The summed E-state index contributed by atoms with van der Waals surface area (Å²) in [4.78, 5) is 24.8. The molecule has 0 saturated carbocycles. The molecule has 6 nitrogen and oxygen atoms in total. The third-order valence-corrected chi connectivity index (χ3v) is 7.46. The summed E-state index contributed by atoms with van der Waals surface area (Å²) in [6.07, 6.45) is 6.25. The molecule has 6 heteroatoms. The molecule has 3 heterocycles. The average molecular weight is 449 g/mol. The van der Waals surface area contributed by atoms with Crippen LogP contribution < -0.4 is 4.74 Å². The molecule has 0 aromatic heterocycles. The second-order valence-electron chi connectivity index (χ2n) is 9.65. The van der Waals surface area contributed by atoms with E-state index in [0.29, 0.717) is 0 Å². The van der Waals surface area contributed by atoms with Gasteiger partial charge in [0.05, 0.1) is 23.9 Å². The summed E-state index contributed by atoms with van der Waals surface area (Å²) >= 11 is 0. The number of piperazine rings is 1. The monoisotopic (exact) mass is 448 g/mol. The van der Waals surface area contributed by atoms with Crippen molar-refractivity contribution >= 4 is 28.6 Å². The molecule has 2 aromatic carbocycles. The Morgan fingerprint density at radius 3 is 2.61 bits per heavy atom. The third-order valence-electron chi connectivity index (χ3n) is 7.46. The van der Waals surface area contributed by atoms with E-state index in [-0.39, 0.29) is 11.9 Å². The van der Waals surface area contributed by atoms with Gasteiger partial charge in [0, 0.05) is 38.9 Å². The Morgan fingerprint density at radius 1 is 1.00 bits per heavy atom. The van der Waals surface area contributed by atoms with Crippen LogP contribution in [0.4, 0.5) is 5.69 Å². The first kappa shape index (κ1) is 22.4. The van der Waals surface area contributed by atoms with Gasteiger partial charge in [-0.15, -0.1) is 0 Å². The van der Waals surface area contributed by atoms with Gasteiger partial charge in [-0.25, -0.2) is 0 Å². The van der Waals surface area contributed by atoms with Crippen molar-refractivity contribution in [2.24, 2.45) is 4.99 Å². The fourth-order valence-electron chi connectivity index (χ4n) is 5.33. The smallest absolute Gasteiger partial charge is 0.256 e. The maximum atomic E-state index is 13.1. The number of hydrogen-bond acceptors (Lipinski definition) is 5. The lowest BCUT2D eigenvalue weighted by Crippen LogP contribution is -2.46. The van der Waals surface area contributed by atoms with Gasteiger partial charge < -0.3 is 19.4 Å². The summed E-state index contributed by atoms with van der Waals surface area (Å²) in [6, 6.07) is 8.45. The number of ether oxygens (including phenoxy) is 1. The molecule has 0 N–H and O–H groups in total. The van der Waals surface area contributed by atoms with Crippen molar-refractivity contribution in [1.29, 1.82) is 0 Å². The van der Waals surface area contributed by atoms with Crippen LogP contribution >= 0.6 is 0 Å². The van der Waals surface area contributed by atoms with Gasteiger partial charge >= 0.3 is 0 Å². The third kappa shape index (κ3) is 4.78. The first-order valence-corrected chi connectivity index (χ1v) is 12.6. The number of benzene rings is 2. The van der Waals surface area contributed by atoms with Crippen molar-refractivity contribution in [3.05, 3.63) is 35.4 Å². The highest BCUT2D eigenvalue weighted by Gasteiger charge is 2.31. The van der Waals surface area contributed by atoms with E-state index >= 15 is 0 Å². The molecule has 1 atom stereocenters. The molecule has 2 saturated heterocycles. The first-order chi connectivity index (χ1) is 16.1. The number of carbonyl (C=O) groups is 1. The molecular formula is C27H36N4O2. The van der Waals surface area contributed by atoms with Crippen LogP contribution in [-0.4, -0.2) is 85.3 Å². The van der Waals surface area contributed by atoms with Gasteiger partial charge in [0.2, 0.25) is 0 Å². The molecular weight excluding hydrogens is 412 g/mol. The van der Waals surface area contributed by atoms with Gasteiger partial charge in [-0.2, -0.15) is 0 Å². The van der Waals surface area contributed by atoms with Crippen LogP contribution in [0.3, 0.4) is 0 Å². The van der Waals surface area contributed by atoms with E-state index in [2.05, 4.69) is 40.8 Å². The zero-order valence-corrected chi connectivity index (χ0v) is 20.1. The summed E-state index contributed by atoms with van der Waals surface area (Å²) in [5.41, 5.74) is 2.61. The Labute approximate surface area is 197 Å². The standard InChI is InChI=1S/C27H36N4O2/c1-3-29-10-12-30(13-11-29)8-4-5-14-33-26-18-22-17-25-24(16-21(22)15-20(26)2)27(32)31-9-6-7-23(31)19-28-25/h15-19,23H,3-14H2,1-2H3/t23-/m0/s1. The Hall–Kier alpha value is -2.44. The lowest BCUT2D eigenvalue weighted by Gasteiger charge is -2.33. The Balaban J connectivity index is 1.21. The van der Waals surface area contributed by atoms with E-state index in [1.165, 1.54) is 32.6 Å². The fraction of sp³-hybridized carbons (Fsp3) is 0.556. The molecule has 33 heavy (non-hydrogen) atoms. The maximum Gasteiger partial charge on any atom is 0.256 e. The molecule has 2 aromatic rings. The van der Waals surface area contributed by atoms with Crippen LogP contribution in [0.1, 0.15) is 48.5 Å². The van der Waals surface area contributed by atoms with Crippen LogP contribution in [0.25, 0.3) is 10.8 Å². The lowest BCUT2D eigenvalue weighted by molar-refractivity contribution is 0.0775. The van der Waals surface area contributed by atoms with Gasteiger partial charge in [0.1, 0.15) is 5.75 Å². The largest absolute Gasteiger partial charge is 0.493 e. The minimum absolute atomic E-state index is 0.112. The van der Waals surface area contributed by atoms with Gasteiger partial charge in [0.25, 0.3) is 5.91 Å². The van der Waals surface area contributed by atoms with Crippen LogP contribution in [0.5, 0.6) is 5.75 Å². The predicted molar refractivity (Wildman–Crippen MR) is 134 cm³/mol. The van der Waals surface area contributed by atoms with Crippen LogP contribution in [0, 0.1) is 6.92 Å². The minimum Gasteiger partial charge on any atom is -0.493 e. The molecule has 176 valence electrons. The molecule has 0 aliphatic carbocycles. The summed E-state index contributed by atoms with van der Waals surface area (Å²) in [6.45, 7) is 13.0.